The maximum absolute atomic E-state index is 12.9. The van der Waals surface area contributed by atoms with Crippen molar-refractivity contribution in [3.8, 4) is 11.3 Å². The van der Waals surface area contributed by atoms with Gasteiger partial charge in [-0.25, -0.2) is 4.98 Å². The van der Waals surface area contributed by atoms with Gasteiger partial charge in [0.05, 0.1) is 16.8 Å². The molecule has 0 aliphatic carbocycles. The van der Waals surface area contributed by atoms with Crippen molar-refractivity contribution in [2.24, 2.45) is 0 Å². The summed E-state index contributed by atoms with van der Waals surface area (Å²) in [4.78, 5) is 33.6. The van der Waals surface area contributed by atoms with E-state index in [-0.39, 0.29) is 19.1 Å². The molecule has 1 N–H and O–H groups in total. The van der Waals surface area contributed by atoms with Crippen LogP contribution in [-0.4, -0.2) is 28.4 Å². The third kappa shape index (κ3) is 4.50. The monoisotopic (exact) mass is 397 g/mol. The molecule has 0 unspecified atom stereocenters. The van der Waals surface area contributed by atoms with Crippen LogP contribution in [0.15, 0.2) is 85.2 Å². The molecule has 148 valence electrons. The molecule has 0 saturated carbocycles. The highest BCUT2D eigenvalue weighted by Gasteiger charge is 2.15. The van der Waals surface area contributed by atoms with Gasteiger partial charge < -0.3 is 10.1 Å². The number of hydrogen-bond acceptors (Lipinski definition) is 5. The van der Waals surface area contributed by atoms with E-state index in [0.29, 0.717) is 22.2 Å². The highest BCUT2D eigenvalue weighted by Crippen LogP contribution is 2.24. The lowest BCUT2D eigenvalue weighted by Crippen LogP contribution is -2.30. The summed E-state index contributed by atoms with van der Waals surface area (Å²) in [6.07, 6.45) is 3.35. The number of rotatable bonds is 6. The predicted molar refractivity (Wildman–Crippen MR) is 114 cm³/mol. The van der Waals surface area contributed by atoms with Crippen LogP contribution in [0.3, 0.4) is 0 Å². The molecule has 0 aliphatic rings. The van der Waals surface area contributed by atoms with Crippen molar-refractivity contribution in [3.05, 3.63) is 96.3 Å². The number of nitrogens with one attached hydrogen (secondary N) is 1. The van der Waals surface area contributed by atoms with Crippen LogP contribution in [-0.2, 0) is 16.1 Å². The van der Waals surface area contributed by atoms with E-state index in [1.165, 1.54) is 0 Å². The largest absolute Gasteiger partial charge is 0.460 e. The number of esters is 1. The summed E-state index contributed by atoms with van der Waals surface area (Å²) in [5.41, 5.74) is 3.55. The summed E-state index contributed by atoms with van der Waals surface area (Å²) in [6.45, 7) is -0.0488. The smallest absolute Gasteiger partial charge is 0.325 e. The number of para-hydroxylation sites is 1. The Bertz CT molecular complexity index is 1180. The van der Waals surface area contributed by atoms with Crippen molar-refractivity contribution < 1.29 is 14.3 Å². The van der Waals surface area contributed by atoms with Crippen molar-refractivity contribution >= 4 is 22.8 Å². The van der Waals surface area contributed by atoms with E-state index in [0.717, 1.165) is 11.1 Å². The maximum atomic E-state index is 12.9. The number of aromatic nitrogens is 2. The summed E-state index contributed by atoms with van der Waals surface area (Å²) in [6, 6.07) is 22.2. The van der Waals surface area contributed by atoms with Crippen molar-refractivity contribution in [3.63, 3.8) is 0 Å². The Morgan fingerprint density at radius 3 is 2.43 bits per heavy atom. The molecule has 0 fully saturated rings. The van der Waals surface area contributed by atoms with Crippen molar-refractivity contribution in [2.45, 2.75) is 6.61 Å². The van der Waals surface area contributed by atoms with Gasteiger partial charge in [0.2, 0.25) is 0 Å². The second kappa shape index (κ2) is 8.96. The quantitative estimate of drug-likeness (QED) is 0.501. The van der Waals surface area contributed by atoms with Crippen LogP contribution in [0.4, 0.5) is 0 Å². The van der Waals surface area contributed by atoms with Gasteiger partial charge in [-0.05, 0) is 29.8 Å². The minimum Gasteiger partial charge on any atom is -0.460 e. The van der Waals surface area contributed by atoms with Crippen molar-refractivity contribution in [1.29, 1.82) is 0 Å². The average molecular weight is 397 g/mol. The van der Waals surface area contributed by atoms with Crippen LogP contribution in [0, 0.1) is 0 Å². The van der Waals surface area contributed by atoms with Gasteiger partial charge in [-0.1, -0.05) is 48.5 Å². The Morgan fingerprint density at radius 1 is 0.900 bits per heavy atom. The first kappa shape index (κ1) is 19.3. The number of carbonyl (C=O) groups excluding carboxylic acids is 2. The Morgan fingerprint density at radius 2 is 1.63 bits per heavy atom. The Hall–Kier alpha value is -4.06. The second-order valence-electron chi connectivity index (χ2n) is 6.64. The molecule has 0 radical (unpaired) electrons. The topological polar surface area (TPSA) is 81.2 Å². The Kier molecular flexibility index (Phi) is 5.75. The lowest BCUT2D eigenvalue weighted by atomic mass is 10.0. The zero-order valence-corrected chi connectivity index (χ0v) is 16.1. The zero-order valence-electron chi connectivity index (χ0n) is 16.1. The minimum absolute atomic E-state index is 0.167. The van der Waals surface area contributed by atoms with Gasteiger partial charge in [-0.3, -0.25) is 14.6 Å². The van der Waals surface area contributed by atoms with Gasteiger partial charge in [-0.2, -0.15) is 0 Å². The SMILES string of the molecule is O=C(CNC(=O)c1cc(-c2ccncc2)nc2ccccc12)OCc1ccccc1. The zero-order chi connectivity index (χ0) is 20.8. The number of fused-ring (bicyclic) bond motifs is 1. The first-order chi connectivity index (χ1) is 14.7. The summed E-state index contributed by atoms with van der Waals surface area (Å²) >= 11 is 0. The first-order valence-corrected chi connectivity index (χ1v) is 9.48. The molecule has 30 heavy (non-hydrogen) atoms. The van der Waals surface area contributed by atoms with E-state index in [1.807, 2.05) is 66.7 Å². The fraction of sp³-hybridized carbons (Fsp3) is 0.0833. The number of amides is 1. The summed E-state index contributed by atoms with van der Waals surface area (Å²) in [5.74, 6) is -0.861. The molecule has 2 heterocycles. The molecule has 2 aromatic carbocycles. The number of ether oxygens (including phenoxy) is 1. The maximum Gasteiger partial charge on any atom is 0.325 e. The Balaban J connectivity index is 1.50. The molecular formula is C24H19N3O3. The molecule has 1 amide bonds. The number of nitrogens with zero attached hydrogens (tertiary/aromatic N) is 2. The highest BCUT2D eigenvalue weighted by molar-refractivity contribution is 6.07. The summed E-state index contributed by atoms with van der Waals surface area (Å²) in [5, 5.41) is 3.37. The van der Waals surface area contributed by atoms with Gasteiger partial charge >= 0.3 is 5.97 Å². The van der Waals surface area contributed by atoms with Crippen LogP contribution in [0.5, 0.6) is 0 Å². The molecule has 0 spiro atoms. The number of pyridine rings is 2. The molecule has 0 atom stereocenters. The van der Waals surface area contributed by atoms with Gasteiger partial charge in [0, 0.05) is 23.3 Å². The fourth-order valence-corrected chi connectivity index (χ4v) is 3.07. The molecule has 4 aromatic rings. The molecule has 0 aliphatic heterocycles. The highest BCUT2D eigenvalue weighted by atomic mass is 16.5. The Labute approximate surface area is 173 Å². The van der Waals surface area contributed by atoms with Crippen LogP contribution in [0.25, 0.3) is 22.2 Å². The standard InChI is InChI=1S/C24H19N3O3/c28-23(30-16-17-6-2-1-3-7-17)15-26-24(29)20-14-22(18-10-12-25-13-11-18)27-21-9-5-4-8-19(20)21/h1-14H,15-16H2,(H,26,29). The average Bonchev–Trinajstić information content (AvgIpc) is 2.81. The summed E-state index contributed by atoms with van der Waals surface area (Å²) < 4.78 is 5.22. The summed E-state index contributed by atoms with van der Waals surface area (Å²) in [7, 11) is 0. The molecular weight excluding hydrogens is 378 g/mol. The van der Waals surface area contributed by atoms with E-state index < -0.39 is 5.97 Å². The van der Waals surface area contributed by atoms with E-state index >= 15 is 0 Å². The lowest BCUT2D eigenvalue weighted by molar-refractivity contribution is -0.143. The van der Waals surface area contributed by atoms with Gasteiger partial charge in [-0.15, -0.1) is 0 Å². The molecule has 6 heteroatoms. The first-order valence-electron chi connectivity index (χ1n) is 9.48. The van der Waals surface area contributed by atoms with Gasteiger partial charge in [0.1, 0.15) is 13.2 Å². The van der Waals surface area contributed by atoms with Crippen LogP contribution >= 0.6 is 0 Å². The van der Waals surface area contributed by atoms with E-state index in [1.54, 1.807) is 18.5 Å². The van der Waals surface area contributed by atoms with Crippen LogP contribution in [0.1, 0.15) is 15.9 Å². The number of benzene rings is 2. The van der Waals surface area contributed by atoms with Crippen molar-refractivity contribution in [1.82, 2.24) is 15.3 Å². The van der Waals surface area contributed by atoms with Gasteiger partial charge in [0.15, 0.2) is 0 Å². The van der Waals surface area contributed by atoms with Crippen LogP contribution in [0.2, 0.25) is 0 Å². The number of hydrogen-bond donors (Lipinski definition) is 1. The predicted octanol–water partition coefficient (Wildman–Crippen LogP) is 3.77. The van der Waals surface area contributed by atoms with Gasteiger partial charge in [0.25, 0.3) is 5.91 Å². The number of carbonyl (C=O) groups is 2. The normalized spacial score (nSPS) is 10.5. The molecule has 6 nitrogen and oxygen atoms in total. The van der Waals surface area contributed by atoms with Crippen molar-refractivity contribution in [2.75, 3.05) is 6.54 Å². The molecule has 4 rings (SSSR count). The second-order valence-corrected chi connectivity index (χ2v) is 6.64. The molecule has 0 bridgehead atoms. The third-order valence-corrected chi connectivity index (χ3v) is 4.57. The van der Waals surface area contributed by atoms with E-state index in [4.69, 9.17) is 4.74 Å². The van der Waals surface area contributed by atoms with Crippen LogP contribution < -0.4 is 5.32 Å². The third-order valence-electron chi connectivity index (χ3n) is 4.57. The molecule has 2 aromatic heterocycles. The minimum atomic E-state index is -0.500. The van der Waals surface area contributed by atoms with E-state index in [2.05, 4.69) is 15.3 Å². The molecule has 0 saturated heterocycles. The lowest BCUT2D eigenvalue weighted by Gasteiger charge is -2.11. The fourth-order valence-electron chi connectivity index (χ4n) is 3.07. The van der Waals surface area contributed by atoms with E-state index in [9.17, 15) is 9.59 Å².